The molecule has 0 saturated heterocycles. The van der Waals surface area contributed by atoms with Gasteiger partial charge in [0.05, 0.1) is 40.4 Å². The van der Waals surface area contributed by atoms with Gasteiger partial charge in [0.1, 0.15) is 11.3 Å². The van der Waals surface area contributed by atoms with Gasteiger partial charge in [0, 0.05) is 12.1 Å². The van der Waals surface area contributed by atoms with E-state index in [-0.39, 0.29) is 17.5 Å². The van der Waals surface area contributed by atoms with E-state index < -0.39 is 29.2 Å². The third kappa shape index (κ3) is 4.08. The molecule has 0 spiro atoms. The number of aromatic nitrogens is 1. The maximum Gasteiger partial charge on any atom is 0.343 e. The van der Waals surface area contributed by atoms with E-state index in [4.69, 9.17) is 14.2 Å². The second-order valence-corrected chi connectivity index (χ2v) is 5.73. The Balaban J connectivity index is 2.70. The molecule has 0 bridgehead atoms. The summed E-state index contributed by atoms with van der Waals surface area (Å²) in [5.74, 6) is -2.11. The number of H-pyrrole nitrogens is 1. The Hall–Kier alpha value is -3.49. The van der Waals surface area contributed by atoms with E-state index in [0.29, 0.717) is 17.1 Å². The first-order chi connectivity index (χ1) is 13.4. The van der Waals surface area contributed by atoms with Crippen LogP contribution in [0, 0.1) is 0 Å². The fourth-order valence-corrected chi connectivity index (χ4v) is 2.83. The molecule has 1 aromatic carbocycles. The normalized spacial score (nSPS) is 11.4. The molecule has 9 heteroatoms. The highest BCUT2D eigenvalue weighted by atomic mass is 16.5. The van der Waals surface area contributed by atoms with Crippen molar-refractivity contribution in [1.82, 2.24) is 4.98 Å². The van der Waals surface area contributed by atoms with E-state index in [0.717, 1.165) is 13.3 Å². The van der Waals surface area contributed by atoms with Gasteiger partial charge in [0.15, 0.2) is 11.5 Å². The molecule has 2 rings (SSSR count). The topological polar surface area (TPSA) is 124 Å². The fraction of sp³-hybridized carbons (Fsp3) is 0.316. The predicted octanol–water partition coefficient (Wildman–Crippen LogP) is 1.58. The van der Waals surface area contributed by atoms with Crippen LogP contribution in [0.2, 0.25) is 0 Å². The standard InChI is InChI=1S/C19H21NO8/c1-25-13-6-5-10(7-14(13)26-2)11(8-15(21)27-3)16-17(22)12(19(24)28-4)9-20-18(16)23/h5-7,9,11H,8H2,1-4H3,(H2,20,22,23). The third-order valence-corrected chi connectivity index (χ3v) is 4.26. The quantitative estimate of drug-likeness (QED) is 0.682. The molecule has 9 nitrogen and oxygen atoms in total. The Bertz CT molecular complexity index is 934. The van der Waals surface area contributed by atoms with E-state index in [1.54, 1.807) is 18.2 Å². The minimum Gasteiger partial charge on any atom is -0.506 e. The van der Waals surface area contributed by atoms with Gasteiger partial charge in [-0.3, -0.25) is 9.59 Å². The number of hydrogen-bond donors (Lipinski definition) is 2. The summed E-state index contributed by atoms with van der Waals surface area (Å²) in [6.07, 6.45) is 0.796. The number of rotatable bonds is 7. The molecule has 0 saturated carbocycles. The van der Waals surface area contributed by atoms with Crippen LogP contribution in [0.1, 0.15) is 33.8 Å². The monoisotopic (exact) mass is 391 g/mol. The van der Waals surface area contributed by atoms with Crippen molar-refractivity contribution in [3.8, 4) is 17.2 Å². The Morgan fingerprint density at radius 1 is 1.07 bits per heavy atom. The molecular weight excluding hydrogens is 370 g/mol. The van der Waals surface area contributed by atoms with Crippen LogP contribution in [-0.2, 0) is 14.3 Å². The van der Waals surface area contributed by atoms with E-state index in [9.17, 15) is 19.5 Å². The van der Waals surface area contributed by atoms with Gasteiger partial charge in [0.2, 0.25) is 0 Å². The number of aromatic hydroxyl groups is 1. The van der Waals surface area contributed by atoms with Crippen LogP contribution in [0.4, 0.5) is 0 Å². The molecule has 2 N–H and O–H groups in total. The number of ether oxygens (including phenoxy) is 4. The lowest BCUT2D eigenvalue weighted by molar-refractivity contribution is -0.140. The summed E-state index contributed by atoms with van der Waals surface area (Å²) in [4.78, 5) is 38.7. The maximum atomic E-state index is 12.5. The second-order valence-electron chi connectivity index (χ2n) is 5.73. The zero-order valence-electron chi connectivity index (χ0n) is 15.9. The van der Waals surface area contributed by atoms with Crippen LogP contribution in [0.3, 0.4) is 0 Å². The highest BCUT2D eigenvalue weighted by molar-refractivity contribution is 5.92. The van der Waals surface area contributed by atoms with Crippen LogP contribution in [0.25, 0.3) is 0 Å². The van der Waals surface area contributed by atoms with Gasteiger partial charge in [-0.05, 0) is 17.7 Å². The van der Waals surface area contributed by atoms with Crippen molar-refractivity contribution in [2.45, 2.75) is 12.3 Å². The van der Waals surface area contributed by atoms with Gasteiger partial charge < -0.3 is 29.0 Å². The number of nitrogens with one attached hydrogen (secondary N) is 1. The van der Waals surface area contributed by atoms with Gasteiger partial charge in [-0.1, -0.05) is 6.07 Å². The molecule has 1 unspecified atom stereocenters. The van der Waals surface area contributed by atoms with Crippen molar-refractivity contribution in [2.75, 3.05) is 28.4 Å². The van der Waals surface area contributed by atoms with Crippen LogP contribution in [0.15, 0.2) is 29.2 Å². The smallest absolute Gasteiger partial charge is 0.343 e. The van der Waals surface area contributed by atoms with Gasteiger partial charge in [-0.2, -0.15) is 0 Å². The summed E-state index contributed by atoms with van der Waals surface area (Å²) in [5, 5.41) is 10.6. The lowest BCUT2D eigenvalue weighted by Crippen LogP contribution is -2.22. The SMILES string of the molecule is COC(=O)CC(c1ccc(OC)c(OC)c1)c1c(O)c(C(=O)OC)c[nH]c1=O. The summed E-state index contributed by atoms with van der Waals surface area (Å²) >= 11 is 0. The molecule has 0 radical (unpaired) electrons. The summed E-state index contributed by atoms with van der Waals surface area (Å²) in [5.41, 5.74) is -0.576. The molecular formula is C19H21NO8. The summed E-state index contributed by atoms with van der Waals surface area (Å²) in [7, 11) is 5.27. The number of carbonyl (C=O) groups is 2. The zero-order valence-corrected chi connectivity index (χ0v) is 15.9. The van der Waals surface area contributed by atoms with E-state index in [1.807, 2.05) is 0 Å². The molecule has 1 aromatic heterocycles. The molecule has 0 fully saturated rings. The molecule has 0 aliphatic rings. The molecule has 2 aromatic rings. The highest BCUT2D eigenvalue weighted by Crippen LogP contribution is 2.37. The van der Waals surface area contributed by atoms with Crippen molar-refractivity contribution in [1.29, 1.82) is 0 Å². The van der Waals surface area contributed by atoms with Gasteiger partial charge in [0.25, 0.3) is 5.56 Å². The lowest BCUT2D eigenvalue weighted by atomic mass is 9.87. The molecule has 28 heavy (non-hydrogen) atoms. The van der Waals surface area contributed by atoms with Crippen LogP contribution < -0.4 is 15.0 Å². The van der Waals surface area contributed by atoms with Gasteiger partial charge >= 0.3 is 11.9 Å². The number of benzene rings is 1. The molecule has 150 valence electrons. The maximum absolute atomic E-state index is 12.5. The zero-order chi connectivity index (χ0) is 20.8. The van der Waals surface area contributed by atoms with Crippen molar-refractivity contribution < 1.29 is 33.6 Å². The first kappa shape index (κ1) is 20.8. The predicted molar refractivity (Wildman–Crippen MR) is 98.1 cm³/mol. The molecule has 0 aliphatic carbocycles. The fourth-order valence-electron chi connectivity index (χ4n) is 2.83. The molecule has 0 amide bonds. The van der Waals surface area contributed by atoms with Crippen LogP contribution in [-0.4, -0.2) is 50.5 Å². The Labute approximate surface area is 160 Å². The Kier molecular flexibility index (Phi) is 6.64. The molecule has 1 atom stereocenters. The molecule has 1 heterocycles. The van der Waals surface area contributed by atoms with Crippen molar-refractivity contribution in [2.24, 2.45) is 0 Å². The average Bonchev–Trinajstić information content (AvgIpc) is 2.71. The van der Waals surface area contributed by atoms with Crippen LogP contribution in [0.5, 0.6) is 17.2 Å². The number of carbonyl (C=O) groups excluding carboxylic acids is 2. The van der Waals surface area contributed by atoms with Crippen molar-refractivity contribution in [3.63, 3.8) is 0 Å². The van der Waals surface area contributed by atoms with E-state index >= 15 is 0 Å². The van der Waals surface area contributed by atoms with Gasteiger partial charge in [-0.15, -0.1) is 0 Å². The second kappa shape index (κ2) is 8.94. The van der Waals surface area contributed by atoms with Crippen molar-refractivity contribution in [3.05, 3.63) is 51.4 Å². The van der Waals surface area contributed by atoms with Gasteiger partial charge in [-0.25, -0.2) is 4.79 Å². The number of pyridine rings is 1. The average molecular weight is 391 g/mol. The number of aromatic amines is 1. The Morgan fingerprint density at radius 3 is 2.32 bits per heavy atom. The first-order valence-electron chi connectivity index (χ1n) is 8.19. The minimum atomic E-state index is -0.916. The largest absolute Gasteiger partial charge is 0.506 e. The summed E-state index contributed by atoms with van der Waals surface area (Å²) < 4.78 is 19.8. The lowest BCUT2D eigenvalue weighted by Gasteiger charge is -2.19. The van der Waals surface area contributed by atoms with E-state index in [2.05, 4.69) is 9.72 Å². The number of methoxy groups -OCH3 is 4. The van der Waals surface area contributed by atoms with Crippen LogP contribution >= 0.6 is 0 Å². The summed E-state index contributed by atoms with van der Waals surface area (Å²) in [6, 6.07) is 4.81. The summed E-state index contributed by atoms with van der Waals surface area (Å²) in [6.45, 7) is 0. The third-order valence-electron chi connectivity index (χ3n) is 4.26. The highest BCUT2D eigenvalue weighted by Gasteiger charge is 2.29. The number of esters is 2. The first-order valence-corrected chi connectivity index (χ1v) is 8.19. The van der Waals surface area contributed by atoms with Crippen molar-refractivity contribution >= 4 is 11.9 Å². The minimum absolute atomic E-state index is 0.166. The molecule has 0 aliphatic heterocycles. The Morgan fingerprint density at radius 2 is 1.75 bits per heavy atom. The van der Waals surface area contributed by atoms with E-state index in [1.165, 1.54) is 21.3 Å². The number of hydrogen-bond acceptors (Lipinski definition) is 8.